The fourth-order valence-electron chi connectivity index (χ4n) is 4.24. The number of nitrogens with zero attached hydrogens (tertiary/aromatic N) is 7. The van der Waals surface area contributed by atoms with Gasteiger partial charge in [0.25, 0.3) is 0 Å². The third-order valence-electron chi connectivity index (χ3n) is 5.81. The van der Waals surface area contributed by atoms with Gasteiger partial charge in [0.15, 0.2) is 11.3 Å². The molecule has 0 bridgehead atoms. The first-order chi connectivity index (χ1) is 15.3. The Kier molecular flexibility index (Phi) is 4.92. The molecule has 1 N–H and O–H groups in total. The Morgan fingerprint density at radius 1 is 1.09 bits per heavy atom. The van der Waals surface area contributed by atoms with Crippen LogP contribution in [0.2, 0.25) is 0 Å². The summed E-state index contributed by atoms with van der Waals surface area (Å²) in [6.45, 7) is 5.62. The van der Waals surface area contributed by atoms with Crippen LogP contribution in [0.4, 0.5) is 19.0 Å². The average Bonchev–Trinajstić information content (AvgIpc) is 3.44. The third kappa shape index (κ3) is 3.62. The lowest BCUT2D eigenvalue weighted by Crippen LogP contribution is -2.61. The number of piperazine rings is 1. The minimum absolute atomic E-state index is 0.0785. The van der Waals surface area contributed by atoms with E-state index in [1.807, 2.05) is 6.21 Å². The second-order valence-electron chi connectivity index (χ2n) is 8.04. The molecule has 0 saturated carbocycles. The number of aliphatic imine (C=N–C) groups is 1. The Morgan fingerprint density at radius 2 is 1.94 bits per heavy atom. The highest BCUT2D eigenvalue weighted by Gasteiger charge is 2.35. The zero-order chi connectivity index (χ0) is 22.5. The van der Waals surface area contributed by atoms with Crippen LogP contribution in [-0.2, 0) is 6.18 Å². The number of rotatable bonds is 3. The van der Waals surface area contributed by atoms with Gasteiger partial charge in [-0.1, -0.05) is 6.08 Å². The van der Waals surface area contributed by atoms with Gasteiger partial charge in [0, 0.05) is 31.0 Å². The normalized spacial score (nSPS) is 23.7. The van der Waals surface area contributed by atoms with Gasteiger partial charge in [0.05, 0.1) is 43.1 Å². The van der Waals surface area contributed by atoms with Crippen molar-refractivity contribution in [2.45, 2.75) is 38.1 Å². The van der Waals surface area contributed by atoms with Gasteiger partial charge in [-0.3, -0.25) is 14.4 Å². The maximum atomic E-state index is 13.2. The van der Waals surface area contributed by atoms with Gasteiger partial charge in [-0.05, 0) is 19.4 Å². The van der Waals surface area contributed by atoms with E-state index in [-0.39, 0.29) is 18.1 Å². The van der Waals surface area contributed by atoms with E-state index in [4.69, 9.17) is 4.98 Å². The fourth-order valence-corrected chi connectivity index (χ4v) is 4.24. The Morgan fingerprint density at radius 3 is 2.69 bits per heavy atom. The van der Waals surface area contributed by atoms with Gasteiger partial charge in [-0.15, -0.1) is 0 Å². The second-order valence-corrected chi connectivity index (χ2v) is 8.04. The van der Waals surface area contributed by atoms with Gasteiger partial charge >= 0.3 is 6.18 Å². The molecule has 3 atom stereocenters. The highest BCUT2D eigenvalue weighted by Crippen LogP contribution is 2.30. The number of hydrogen-bond acceptors (Lipinski definition) is 7. The van der Waals surface area contributed by atoms with Crippen LogP contribution in [0, 0.1) is 0 Å². The second kappa shape index (κ2) is 7.66. The smallest absolute Gasteiger partial charge is 0.349 e. The highest BCUT2D eigenvalue weighted by molar-refractivity contribution is 5.83. The molecule has 5 rings (SSSR count). The zero-order valence-electron chi connectivity index (χ0n) is 17.5. The summed E-state index contributed by atoms with van der Waals surface area (Å²) in [5, 5.41) is 3.62. The standard InChI is InChI=1S/C21H21F3N8/c1-12-10-31(13(2)20(29-12)14-3-4-25-5-14)19-8-26-6-15(30-19)16-7-28-18-9-27-17(11-32(16)18)21(22,23)24/h3,5-9,11-13,20,29H,4,10H2,1-2H3. The molecular formula is C21H21F3N8. The predicted molar refractivity (Wildman–Crippen MR) is 114 cm³/mol. The molecule has 3 aromatic rings. The first kappa shape index (κ1) is 20.6. The molecule has 2 aliphatic heterocycles. The molecule has 2 aliphatic rings. The van der Waals surface area contributed by atoms with Crippen LogP contribution in [0.3, 0.4) is 0 Å². The quantitative estimate of drug-likeness (QED) is 0.672. The molecule has 1 fully saturated rings. The molecule has 0 aromatic carbocycles. The van der Waals surface area contributed by atoms with E-state index >= 15 is 0 Å². The molecule has 11 heteroatoms. The maximum absolute atomic E-state index is 13.2. The lowest BCUT2D eigenvalue weighted by Gasteiger charge is -2.44. The lowest BCUT2D eigenvalue weighted by atomic mass is 9.95. The number of anilines is 1. The predicted octanol–water partition coefficient (Wildman–Crippen LogP) is 2.77. The van der Waals surface area contributed by atoms with Crippen molar-refractivity contribution in [3.05, 3.63) is 48.3 Å². The average molecular weight is 442 g/mol. The summed E-state index contributed by atoms with van der Waals surface area (Å²) in [4.78, 5) is 23.2. The summed E-state index contributed by atoms with van der Waals surface area (Å²) >= 11 is 0. The van der Waals surface area contributed by atoms with Crippen molar-refractivity contribution in [2.75, 3.05) is 18.0 Å². The minimum atomic E-state index is -4.55. The molecule has 0 spiro atoms. The monoisotopic (exact) mass is 442 g/mol. The van der Waals surface area contributed by atoms with Gasteiger partial charge in [-0.2, -0.15) is 13.2 Å². The molecule has 32 heavy (non-hydrogen) atoms. The van der Waals surface area contributed by atoms with Crippen molar-refractivity contribution in [1.29, 1.82) is 0 Å². The van der Waals surface area contributed by atoms with E-state index in [1.54, 1.807) is 6.20 Å². The van der Waals surface area contributed by atoms with E-state index in [2.05, 4.69) is 50.1 Å². The van der Waals surface area contributed by atoms with Crippen LogP contribution in [0.25, 0.3) is 17.0 Å². The van der Waals surface area contributed by atoms with E-state index in [9.17, 15) is 13.2 Å². The maximum Gasteiger partial charge on any atom is 0.434 e. The highest BCUT2D eigenvalue weighted by atomic mass is 19.4. The molecule has 8 nitrogen and oxygen atoms in total. The largest absolute Gasteiger partial charge is 0.434 e. The number of imidazole rings is 1. The fraction of sp³-hybridized carbons (Fsp3) is 0.381. The number of aromatic nitrogens is 5. The van der Waals surface area contributed by atoms with Gasteiger partial charge in [0.1, 0.15) is 11.5 Å². The van der Waals surface area contributed by atoms with E-state index in [0.29, 0.717) is 29.4 Å². The Hall–Kier alpha value is -3.34. The number of hydrogen-bond donors (Lipinski definition) is 1. The molecular weight excluding hydrogens is 421 g/mol. The van der Waals surface area contributed by atoms with Crippen LogP contribution >= 0.6 is 0 Å². The lowest BCUT2D eigenvalue weighted by molar-refractivity contribution is -0.141. The first-order valence-corrected chi connectivity index (χ1v) is 10.3. The van der Waals surface area contributed by atoms with Crippen LogP contribution in [0.5, 0.6) is 0 Å². The number of halogens is 3. The molecule has 0 aliphatic carbocycles. The SMILES string of the molecule is CC1CN(c2cncc(-c3cnc4cnc(C(F)(F)F)cn34)n2)C(C)C(C2=CCN=C2)N1. The summed E-state index contributed by atoms with van der Waals surface area (Å²) in [6, 6.07) is 0.370. The van der Waals surface area contributed by atoms with Gasteiger partial charge in [-0.25, -0.2) is 15.0 Å². The van der Waals surface area contributed by atoms with Crippen molar-refractivity contribution in [1.82, 2.24) is 29.7 Å². The van der Waals surface area contributed by atoms with E-state index < -0.39 is 11.9 Å². The van der Waals surface area contributed by atoms with E-state index in [1.165, 1.54) is 16.8 Å². The summed E-state index contributed by atoms with van der Waals surface area (Å²) < 4.78 is 40.8. The summed E-state index contributed by atoms with van der Waals surface area (Å²) in [7, 11) is 0. The molecule has 166 valence electrons. The first-order valence-electron chi connectivity index (χ1n) is 10.3. The molecule has 0 amide bonds. The summed E-state index contributed by atoms with van der Waals surface area (Å²) in [5.74, 6) is 0.656. The van der Waals surface area contributed by atoms with Gasteiger partial charge < -0.3 is 10.2 Å². The van der Waals surface area contributed by atoms with Crippen LogP contribution in [-0.4, -0.2) is 61.8 Å². The minimum Gasteiger partial charge on any atom is -0.349 e. The number of nitrogens with one attached hydrogen (secondary N) is 1. The third-order valence-corrected chi connectivity index (χ3v) is 5.81. The molecule has 3 aromatic heterocycles. The van der Waals surface area contributed by atoms with Crippen molar-refractivity contribution < 1.29 is 13.2 Å². The zero-order valence-corrected chi connectivity index (χ0v) is 17.5. The Balaban J connectivity index is 1.52. The van der Waals surface area contributed by atoms with Crippen LogP contribution in [0.1, 0.15) is 19.5 Å². The van der Waals surface area contributed by atoms with Crippen molar-refractivity contribution in [3.8, 4) is 11.4 Å². The summed E-state index contributed by atoms with van der Waals surface area (Å²) in [5.41, 5.74) is 1.31. The van der Waals surface area contributed by atoms with Crippen molar-refractivity contribution in [3.63, 3.8) is 0 Å². The number of alkyl halides is 3. The van der Waals surface area contributed by atoms with E-state index in [0.717, 1.165) is 24.5 Å². The van der Waals surface area contributed by atoms with Crippen molar-refractivity contribution >= 4 is 17.7 Å². The Labute approximate surface area is 181 Å². The number of fused-ring (bicyclic) bond motifs is 1. The molecule has 0 radical (unpaired) electrons. The molecule has 3 unspecified atom stereocenters. The molecule has 5 heterocycles. The van der Waals surface area contributed by atoms with Gasteiger partial charge in [0.2, 0.25) is 0 Å². The molecule has 1 saturated heterocycles. The Bertz CT molecular complexity index is 1220. The van der Waals surface area contributed by atoms with Crippen LogP contribution in [0.15, 0.2) is 47.6 Å². The summed E-state index contributed by atoms with van der Waals surface area (Å²) in [6.07, 6.45) is 6.18. The van der Waals surface area contributed by atoms with Crippen molar-refractivity contribution in [2.24, 2.45) is 4.99 Å². The van der Waals surface area contributed by atoms with Crippen LogP contribution < -0.4 is 10.2 Å². The topological polar surface area (TPSA) is 83.6 Å².